The van der Waals surface area contributed by atoms with Gasteiger partial charge in [-0.1, -0.05) is 55.4 Å². The van der Waals surface area contributed by atoms with E-state index in [0.717, 1.165) is 42.0 Å². The Morgan fingerprint density at radius 2 is 1.24 bits per heavy atom. The van der Waals surface area contributed by atoms with E-state index in [2.05, 4.69) is 31.9 Å². The van der Waals surface area contributed by atoms with E-state index in [9.17, 15) is 0 Å². The van der Waals surface area contributed by atoms with Crippen LogP contribution in [0.4, 0.5) is 0 Å². The second-order valence-electron chi connectivity index (χ2n) is 5.29. The van der Waals surface area contributed by atoms with Gasteiger partial charge in [0.15, 0.2) is 10.3 Å². The van der Waals surface area contributed by atoms with Gasteiger partial charge in [0, 0.05) is 42.4 Å². The maximum Gasteiger partial charge on any atom is 0.151 e. The predicted molar refractivity (Wildman–Crippen MR) is 116 cm³/mol. The maximum atomic E-state index is 7.43. The Labute approximate surface area is 169 Å². The summed E-state index contributed by atoms with van der Waals surface area (Å²) in [6.07, 6.45) is 0. The van der Waals surface area contributed by atoms with Gasteiger partial charge < -0.3 is 15.9 Å². The molecule has 2 aromatic carbocycles. The quantitative estimate of drug-likeness (QED) is 0.283. The lowest BCUT2D eigenvalue weighted by Crippen LogP contribution is -2.03. The molecule has 0 amide bonds. The SMILES string of the molecule is N=C(N)SCc1cc(Br)cc2c1oc1c(CSC(=N)N)cc(Br)cc12. The normalized spacial score (nSPS) is 11.3. The van der Waals surface area contributed by atoms with Crippen molar-refractivity contribution in [2.45, 2.75) is 11.5 Å². The van der Waals surface area contributed by atoms with Crippen LogP contribution in [0.25, 0.3) is 21.9 Å². The average Bonchev–Trinajstić information content (AvgIpc) is 2.88. The zero-order chi connectivity index (χ0) is 18.1. The number of thioether (sulfide) groups is 2. The van der Waals surface area contributed by atoms with Crippen LogP contribution in [0.5, 0.6) is 0 Å². The Morgan fingerprint density at radius 1 is 0.840 bits per heavy atom. The summed E-state index contributed by atoms with van der Waals surface area (Å²) in [6, 6.07) is 8.02. The first-order valence-corrected chi connectivity index (χ1v) is 10.7. The van der Waals surface area contributed by atoms with Gasteiger partial charge >= 0.3 is 0 Å². The van der Waals surface area contributed by atoms with E-state index in [0.29, 0.717) is 11.5 Å². The first-order valence-electron chi connectivity index (χ1n) is 7.12. The molecule has 0 radical (unpaired) electrons. The molecule has 1 heterocycles. The minimum atomic E-state index is 0.0746. The highest BCUT2D eigenvalue weighted by Crippen LogP contribution is 2.38. The summed E-state index contributed by atoms with van der Waals surface area (Å²) in [5, 5.41) is 17.0. The number of hydrogen-bond acceptors (Lipinski definition) is 5. The van der Waals surface area contributed by atoms with E-state index in [-0.39, 0.29) is 10.3 Å². The highest BCUT2D eigenvalue weighted by atomic mass is 79.9. The lowest BCUT2D eigenvalue weighted by molar-refractivity contribution is 0.662. The van der Waals surface area contributed by atoms with Gasteiger partial charge in [0.2, 0.25) is 0 Å². The Bertz CT molecular complexity index is 925. The molecule has 0 fully saturated rings. The van der Waals surface area contributed by atoms with Crippen molar-refractivity contribution in [3.8, 4) is 0 Å². The summed E-state index contributed by atoms with van der Waals surface area (Å²) >= 11 is 9.63. The molecule has 0 aliphatic carbocycles. The summed E-state index contributed by atoms with van der Waals surface area (Å²) in [5.41, 5.74) is 14.5. The van der Waals surface area contributed by atoms with Crippen LogP contribution in [0, 0.1) is 10.8 Å². The Kier molecular flexibility index (Phi) is 5.67. The molecule has 3 aromatic rings. The zero-order valence-corrected chi connectivity index (χ0v) is 17.7. The first-order chi connectivity index (χ1) is 11.8. The fourth-order valence-electron chi connectivity index (χ4n) is 2.57. The number of halogens is 2. The van der Waals surface area contributed by atoms with Crippen molar-refractivity contribution >= 4 is 87.7 Å². The van der Waals surface area contributed by atoms with E-state index < -0.39 is 0 Å². The third-order valence-corrected chi connectivity index (χ3v) is 5.97. The largest absolute Gasteiger partial charge is 0.455 e. The van der Waals surface area contributed by atoms with E-state index in [1.165, 1.54) is 23.5 Å². The van der Waals surface area contributed by atoms with Crippen LogP contribution in [-0.2, 0) is 11.5 Å². The highest BCUT2D eigenvalue weighted by Gasteiger charge is 2.16. The Morgan fingerprint density at radius 3 is 1.60 bits per heavy atom. The van der Waals surface area contributed by atoms with Crippen LogP contribution in [-0.4, -0.2) is 10.3 Å². The van der Waals surface area contributed by atoms with Gasteiger partial charge in [0.05, 0.1) is 0 Å². The smallest absolute Gasteiger partial charge is 0.151 e. The lowest BCUT2D eigenvalue weighted by Gasteiger charge is -2.02. The molecular weight excluding hydrogens is 488 g/mol. The number of rotatable bonds is 4. The average molecular weight is 502 g/mol. The first kappa shape index (κ1) is 18.6. The van der Waals surface area contributed by atoms with Crippen molar-refractivity contribution in [3.63, 3.8) is 0 Å². The van der Waals surface area contributed by atoms with E-state index in [4.69, 9.17) is 26.7 Å². The van der Waals surface area contributed by atoms with Crippen molar-refractivity contribution in [1.82, 2.24) is 0 Å². The van der Waals surface area contributed by atoms with Crippen molar-refractivity contribution < 1.29 is 4.42 Å². The number of amidine groups is 2. The fourth-order valence-corrected chi connectivity index (χ4v) is 4.63. The van der Waals surface area contributed by atoms with Crippen LogP contribution in [0.15, 0.2) is 37.6 Å². The minimum absolute atomic E-state index is 0.0746. The van der Waals surface area contributed by atoms with Gasteiger partial charge in [-0.25, -0.2) is 0 Å². The highest BCUT2D eigenvalue weighted by molar-refractivity contribution is 9.10. The van der Waals surface area contributed by atoms with E-state index in [1.54, 1.807) is 0 Å². The molecule has 6 N–H and O–H groups in total. The van der Waals surface area contributed by atoms with Crippen molar-refractivity contribution in [2.75, 3.05) is 0 Å². The molecule has 3 rings (SSSR count). The Balaban J connectivity index is 2.20. The van der Waals surface area contributed by atoms with Gasteiger partial charge in [-0.05, 0) is 24.3 Å². The summed E-state index contributed by atoms with van der Waals surface area (Å²) in [5.74, 6) is 1.12. The molecule has 0 saturated heterocycles. The van der Waals surface area contributed by atoms with Gasteiger partial charge in [-0.2, -0.15) is 0 Å². The molecule has 0 bridgehead atoms. The van der Waals surface area contributed by atoms with Crippen molar-refractivity contribution in [3.05, 3.63) is 44.3 Å². The Hall–Kier alpha value is -1.16. The molecule has 25 heavy (non-hydrogen) atoms. The molecule has 5 nitrogen and oxygen atoms in total. The minimum Gasteiger partial charge on any atom is -0.455 e. The standard InChI is InChI=1S/C16H14Br2N4OS2/c17-9-1-7(5-24-15(19)20)13-11(3-9)12-4-10(18)2-8(14(12)23-13)6-25-16(21)22/h1-4H,5-6H2,(H3,19,20)(H3,21,22). The maximum absolute atomic E-state index is 7.43. The van der Waals surface area contributed by atoms with Crippen molar-refractivity contribution in [1.29, 1.82) is 10.8 Å². The number of furan rings is 1. The number of nitrogens with two attached hydrogens (primary N) is 2. The molecule has 0 aliphatic rings. The van der Waals surface area contributed by atoms with Crippen LogP contribution in [0.1, 0.15) is 11.1 Å². The number of benzene rings is 2. The summed E-state index contributed by atoms with van der Waals surface area (Å²) in [4.78, 5) is 0. The predicted octanol–water partition coefficient (Wildman–Crippen LogP) is 5.36. The second kappa shape index (κ2) is 7.61. The van der Waals surface area contributed by atoms with Crippen LogP contribution < -0.4 is 11.5 Å². The van der Waals surface area contributed by atoms with E-state index >= 15 is 0 Å². The fraction of sp³-hybridized carbons (Fsp3) is 0.125. The lowest BCUT2D eigenvalue weighted by atomic mass is 10.1. The van der Waals surface area contributed by atoms with Crippen molar-refractivity contribution in [2.24, 2.45) is 11.5 Å². The third kappa shape index (κ3) is 4.16. The van der Waals surface area contributed by atoms with Crippen LogP contribution >= 0.6 is 55.4 Å². The molecule has 0 unspecified atom stereocenters. The van der Waals surface area contributed by atoms with Gasteiger partial charge in [-0.15, -0.1) is 0 Å². The summed E-state index contributed by atoms with van der Waals surface area (Å²) in [6.45, 7) is 0. The number of hydrogen-bond donors (Lipinski definition) is 4. The molecular formula is C16H14Br2N4OS2. The summed E-state index contributed by atoms with van der Waals surface area (Å²) < 4.78 is 8.09. The molecule has 9 heteroatoms. The number of fused-ring (bicyclic) bond motifs is 3. The van der Waals surface area contributed by atoms with Gasteiger partial charge in [0.25, 0.3) is 0 Å². The second-order valence-corrected chi connectivity index (χ2v) is 9.16. The molecule has 0 saturated carbocycles. The van der Waals surface area contributed by atoms with E-state index in [1.807, 2.05) is 24.3 Å². The van der Waals surface area contributed by atoms with Gasteiger partial charge in [-0.3, -0.25) is 10.8 Å². The molecule has 1 aromatic heterocycles. The molecule has 0 spiro atoms. The summed E-state index contributed by atoms with van der Waals surface area (Å²) in [7, 11) is 0. The topological polar surface area (TPSA) is 113 Å². The number of nitrogens with one attached hydrogen (secondary N) is 2. The molecule has 130 valence electrons. The van der Waals surface area contributed by atoms with Gasteiger partial charge in [0.1, 0.15) is 11.2 Å². The third-order valence-electron chi connectivity index (χ3n) is 3.52. The monoisotopic (exact) mass is 500 g/mol. The van der Waals surface area contributed by atoms with Crippen LogP contribution in [0.2, 0.25) is 0 Å². The molecule has 0 aliphatic heterocycles. The molecule has 0 atom stereocenters. The zero-order valence-electron chi connectivity index (χ0n) is 12.9. The van der Waals surface area contributed by atoms with Crippen LogP contribution in [0.3, 0.4) is 0 Å².